The summed E-state index contributed by atoms with van der Waals surface area (Å²) in [5.41, 5.74) is 3.47. The molecule has 27 heavy (non-hydrogen) atoms. The number of halogens is 1. The van der Waals surface area contributed by atoms with Crippen molar-refractivity contribution in [1.29, 1.82) is 5.26 Å². The summed E-state index contributed by atoms with van der Waals surface area (Å²) < 4.78 is 13.6. The van der Waals surface area contributed by atoms with Gasteiger partial charge in [-0.2, -0.15) is 5.26 Å². The van der Waals surface area contributed by atoms with Crippen LogP contribution in [-0.4, -0.2) is 19.0 Å². The van der Waals surface area contributed by atoms with Crippen LogP contribution in [-0.2, 0) is 0 Å². The van der Waals surface area contributed by atoms with E-state index in [0.717, 1.165) is 11.1 Å². The van der Waals surface area contributed by atoms with Crippen LogP contribution in [0.5, 0.6) is 0 Å². The Morgan fingerprint density at radius 1 is 1.15 bits per heavy atom. The maximum absolute atomic E-state index is 13.6. The highest BCUT2D eigenvalue weighted by atomic mass is 32.1. The van der Waals surface area contributed by atoms with E-state index >= 15 is 0 Å². The first-order valence-electron chi connectivity index (χ1n) is 8.45. The topological polar surface area (TPSA) is 64.9 Å². The van der Waals surface area contributed by atoms with Crippen LogP contribution in [0.1, 0.15) is 20.8 Å². The molecular weight excluding hydrogens is 361 g/mol. The van der Waals surface area contributed by atoms with Gasteiger partial charge in [0.2, 0.25) is 0 Å². The van der Waals surface area contributed by atoms with Crippen LogP contribution in [0.15, 0.2) is 53.9 Å². The molecule has 0 saturated carbocycles. The Morgan fingerprint density at radius 3 is 2.67 bits per heavy atom. The summed E-state index contributed by atoms with van der Waals surface area (Å²) in [6, 6.07) is 16.2. The third-order valence-corrected chi connectivity index (χ3v) is 5.00. The van der Waals surface area contributed by atoms with Crippen LogP contribution < -0.4 is 10.6 Å². The molecule has 4 nitrogen and oxygen atoms in total. The first kappa shape index (κ1) is 18.6. The van der Waals surface area contributed by atoms with Gasteiger partial charge in [0, 0.05) is 18.7 Å². The average molecular weight is 379 g/mol. The SMILES string of the molecule is Cc1ccc(-c2ccsc2C(=O)NCCNc2cccc(F)c2C#N)cc1. The summed E-state index contributed by atoms with van der Waals surface area (Å²) in [5, 5.41) is 16.8. The highest BCUT2D eigenvalue weighted by Gasteiger charge is 2.14. The van der Waals surface area contributed by atoms with Gasteiger partial charge >= 0.3 is 0 Å². The van der Waals surface area contributed by atoms with Crippen molar-refractivity contribution in [2.75, 3.05) is 18.4 Å². The number of nitrogens with zero attached hydrogens (tertiary/aromatic N) is 1. The summed E-state index contributed by atoms with van der Waals surface area (Å²) in [4.78, 5) is 13.2. The predicted octanol–water partition coefficient (Wildman–Crippen LogP) is 4.58. The fourth-order valence-corrected chi connectivity index (χ4v) is 3.52. The van der Waals surface area contributed by atoms with Gasteiger partial charge in [-0.1, -0.05) is 35.9 Å². The van der Waals surface area contributed by atoms with E-state index in [1.54, 1.807) is 6.07 Å². The average Bonchev–Trinajstić information content (AvgIpc) is 3.15. The Labute approximate surface area is 161 Å². The summed E-state index contributed by atoms with van der Waals surface area (Å²) >= 11 is 1.39. The van der Waals surface area contributed by atoms with Gasteiger partial charge in [-0.15, -0.1) is 11.3 Å². The van der Waals surface area contributed by atoms with E-state index in [1.165, 1.54) is 29.0 Å². The molecule has 0 bridgehead atoms. The van der Waals surface area contributed by atoms with E-state index in [2.05, 4.69) is 10.6 Å². The number of anilines is 1. The number of hydrogen-bond acceptors (Lipinski definition) is 4. The Balaban J connectivity index is 1.60. The number of thiophene rings is 1. The van der Waals surface area contributed by atoms with Gasteiger partial charge in [-0.05, 0) is 36.1 Å². The van der Waals surface area contributed by atoms with E-state index in [0.29, 0.717) is 23.7 Å². The minimum atomic E-state index is -0.562. The zero-order valence-electron chi connectivity index (χ0n) is 14.8. The number of carbonyl (C=O) groups excluding carboxylic acids is 1. The summed E-state index contributed by atoms with van der Waals surface area (Å²) in [7, 11) is 0. The van der Waals surface area contributed by atoms with Crippen LogP contribution in [0.25, 0.3) is 11.1 Å². The van der Waals surface area contributed by atoms with E-state index in [9.17, 15) is 9.18 Å². The van der Waals surface area contributed by atoms with Crippen LogP contribution in [0.2, 0.25) is 0 Å². The van der Waals surface area contributed by atoms with Crippen LogP contribution in [0, 0.1) is 24.1 Å². The van der Waals surface area contributed by atoms with E-state index in [4.69, 9.17) is 5.26 Å². The lowest BCUT2D eigenvalue weighted by molar-refractivity contribution is 0.0960. The van der Waals surface area contributed by atoms with Gasteiger partial charge in [0.25, 0.3) is 5.91 Å². The molecule has 6 heteroatoms. The lowest BCUT2D eigenvalue weighted by Crippen LogP contribution is -2.28. The van der Waals surface area contributed by atoms with E-state index in [1.807, 2.05) is 48.7 Å². The lowest BCUT2D eigenvalue weighted by atomic mass is 10.0. The highest BCUT2D eigenvalue weighted by molar-refractivity contribution is 7.12. The quantitative estimate of drug-likeness (QED) is 0.616. The van der Waals surface area contributed by atoms with Crippen molar-refractivity contribution in [2.45, 2.75) is 6.92 Å². The maximum Gasteiger partial charge on any atom is 0.262 e. The number of hydrogen-bond donors (Lipinski definition) is 2. The molecule has 0 saturated heterocycles. The first-order chi connectivity index (χ1) is 13.1. The molecule has 0 radical (unpaired) electrons. The molecule has 1 amide bonds. The molecule has 3 aromatic rings. The van der Waals surface area contributed by atoms with Crippen molar-refractivity contribution < 1.29 is 9.18 Å². The zero-order valence-corrected chi connectivity index (χ0v) is 15.6. The minimum absolute atomic E-state index is 0.0243. The van der Waals surface area contributed by atoms with Crippen molar-refractivity contribution in [3.8, 4) is 17.2 Å². The van der Waals surface area contributed by atoms with E-state index < -0.39 is 5.82 Å². The van der Waals surface area contributed by atoms with Crippen molar-refractivity contribution in [3.05, 3.63) is 75.7 Å². The second kappa shape index (κ2) is 8.47. The summed E-state index contributed by atoms with van der Waals surface area (Å²) in [6.07, 6.45) is 0. The molecule has 0 aliphatic heterocycles. The maximum atomic E-state index is 13.6. The fourth-order valence-electron chi connectivity index (χ4n) is 2.68. The Morgan fingerprint density at radius 2 is 1.93 bits per heavy atom. The van der Waals surface area contributed by atoms with Crippen molar-refractivity contribution in [2.24, 2.45) is 0 Å². The molecular formula is C21H18FN3OS. The molecule has 0 atom stereocenters. The normalized spacial score (nSPS) is 10.3. The Hall–Kier alpha value is -3.17. The molecule has 0 fully saturated rings. The number of nitrogens with one attached hydrogen (secondary N) is 2. The van der Waals surface area contributed by atoms with Crippen molar-refractivity contribution in [1.82, 2.24) is 5.32 Å². The van der Waals surface area contributed by atoms with Crippen molar-refractivity contribution >= 4 is 22.9 Å². The summed E-state index contributed by atoms with van der Waals surface area (Å²) in [5.74, 6) is -0.713. The third kappa shape index (κ3) is 4.33. The van der Waals surface area contributed by atoms with Crippen LogP contribution >= 0.6 is 11.3 Å². The Bertz CT molecular complexity index is 989. The molecule has 0 aliphatic carbocycles. The number of carbonyl (C=O) groups is 1. The number of nitriles is 1. The Kier molecular flexibility index (Phi) is 5.84. The molecule has 3 rings (SSSR count). The molecule has 1 heterocycles. The number of benzene rings is 2. The largest absolute Gasteiger partial charge is 0.382 e. The van der Waals surface area contributed by atoms with Crippen molar-refractivity contribution in [3.63, 3.8) is 0 Å². The van der Waals surface area contributed by atoms with Crippen LogP contribution in [0.4, 0.5) is 10.1 Å². The second-order valence-corrected chi connectivity index (χ2v) is 6.90. The smallest absolute Gasteiger partial charge is 0.262 e. The first-order valence-corrected chi connectivity index (χ1v) is 9.33. The fraction of sp³-hybridized carbons (Fsp3) is 0.143. The standard InChI is InChI=1S/C21H18FN3OS/c1-14-5-7-15(8-6-14)16-9-12-27-20(16)21(26)25-11-10-24-19-4-2-3-18(22)17(19)13-23/h2-9,12,24H,10-11H2,1H3,(H,25,26). The van der Waals surface area contributed by atoms with E-state index in [-0.39, 0.29) is 11.5 Å². The number of rotatable bonds is 6. The van der Waals surface area contributed by atoms with Gasteiger partial charge in [0.1, 0.15) is 17.4 Å². The molecule has 2 aromatic carbocycles. The third-order valence-electron chi connectivity index (χ3n) is 4.09. The molecule has 2 N–H and O–H groups in total. The molecule has 0 unspecified atom stereocenters. The molecule has 1 aromatic heterocycles. The number of amides is 1. The van der Waals surface area contributed by atoms with Crippen LogP contribution in [0.3, 0.4) is 0 Å². The highest BCUT2D eigenvalue weighted by Crippen LogP contribution is 2.28. The lowest BCUT2D eigenvalue weighted by Gasteiger charge is -2.10. The predicted molar refractivity (Wildman–Crippen MR) is 106 cm³/mol. The second-order valence-electron chi connectivity index (χ2n) is 5.99. The summed E-state index contributed by atoms with van der Waals surface area (Å²) in [6.45, 7) is 2.76. The van der Waals surface area contributed by atoms with Gasteiger partial charge in [-0.3, -0.25) is 4.79 Å². The molecule has 136 valence electrons. The minimum Gasteiger partial charge on any atom is -0.382 e. The van der Waals surface area contributed by atoms with Gasteiger partial charge < -0.3 is 10.6 Å². The molecule has 0 aliphatic rings. The van der Waals surface area contributed by atoms with Gasteiger partial charge in [-0.25, -0.2) is 4.39 Å². The van der Waals surface area contributed by atoms with Gasteiger partial charge in [0.15, 0.2) is 0 Å². The molecule has 0 spiro atoms. The zero-order chi connectivity index (χ0) is 19.2. The monoisotopic (exact) mass is 379 g/mol. The van der Waals surface area contributed by atoms with Gasteiger partial charge in [0.05, 0.1) is 10.6 Å². The number of aryl methyl sites for hydroxylation is 1.